The number of anilines is 1. The number of benzene rings is 2. The number of alkyl halides is 3. The van der Waals surface area contributed by atoms with Gasteiger partial charge in [-0.1, -0.05) is 23.7 Å². The molecule has 1 atom stereocenters. The van der Waals surface area contributed by atoms with Crippen LogP contribution in [0.1, 0.15) is 16.5 Å². The van der Waals surface area contributed by atoms with Crippen LogP contribution in [0.3, 0.4) is 0 Å². The molecule has 0 aromatic heterocycles. The highest BCUT2D eigenvalue weighted by Crippen LogP contribution is 2.39. The largest absolute Gasteiger partial charge is 0.416 e. The minimum Gasteiger partial charge on any atom is -0.308 e. The van der Waals surface area contributed by atoms with Crippen LogP contribution in [0.25, 0.3) is 0 Å². The normalized spacial score (nSPS) is 17.4. The van der Waals surface area contributed by atoms with Crippen molar-refractivity contribution in [3.8, 4) is 0 Å². The summed E-state index contributed by atoms with van der Waals surface area (Å²) in [5, 5.41) is 2.12. The molecule has 2 amide bonds. The Labute approximate surface area is 156 Å². The average molecular weight is 405 g/mol. The van der Waals surface area contributed by atoms with Crippen LogP contribution in [-0.2, 0) is 6.18 Å². The van der Waals surface area contributed by atoms with Crippen LogP contribution in [0, 0.1) is 5.82 Å². The van der Waals surface area contributed by atoms with Gasteiger partial charge >= 0.3 is 12.2 Å². The second kappa shape index (κ2) is 7.36. The number of nitrogens with one attached hydrogen (secondary N) is 1. The lowest BCUT2D eigenvalue weighted by Crippen LogP contribution is -2.34. The van der Waals surface area contributed by atoms with Crippen molar-refractivity contribution >= 4 is 35.1 Å². The van der Waals surface area contributed by atoms with Crippen molar-refractivity contribution in [1.82, 2.24) is 4.90 Å². The number of nitrogens with zero attached hydrogens (tertiary/aromatic N) is 1. The van der Waals surface area contributed by atoms with Crippen molar-refractivity contribution in [2.75, 3.05) is 17.6 Å². The Morgan fingerprint density at radius 3 is 2.50 bits per heavy atom. The molecule has 1 saturated heterocycles. The van der Waals surface area contributed by atoms with Crippen molar-refractivity contribution in [2.24, 2.45) is 0 Å². The first-order valence-electron chi connectivity index (χ1n) is 7.57. The van der Waals surface area contributed by atoms with E-state index in [0.717, 1.165) is 18.2 Å². The summed E-state index contributed by atoms with van der Waals surface area (Å²) in [5.74, 6) is 0.0625. The third kappa shape index (κ3) is 4.07. The van der Waals surface area contributed by atoms with Crippen LogP contribution in [0.5, 0.6) is 0 Å². The number of hydrogen-bond acceptors (Lipinski definition) is 2. The summed E-state index contributed by atoms with van der Waals surface area (Å²) in [6.07, 6.45) is -4.40. The van der Waals surface area contributed by atoms with Crippen molar-refractivity contribution in [3.63, 3.8) is 0 Å². The highest BCUT2D eigenvalue weighted by molar-refractivity contribution is 7.99. The molecule has 1 N–H and O–H groups in total. The minimum absolute atomic E-state index is 0.113. The Kier molecular flexibility index (Phi) is 5.34. The van der Waals surface area contributed by atoms with E-state index in [1.54, 1.807) is 0 Å². The first-order valence-corrected chi connectivity index (χ1v) is 9.00. The van der Waals surface area contributed by atoms with Gasteiger partial charge in [0.25, 0.3) is 0 Å². The first kappa shape index (κ1) is 18.8. The topological polar surface area (TPSA) is 32.3 Å². The number of thioether (sulfide) groups is 1. The van der Waals surface area contributed by atoms with Gasteiger partial charge in [-0.15, -0.1) is 11.8 Å². The number of urea groups is 1. The quantitative estimate of drug-likeness (QED) is 0.644. The predicted octanol–water partition coefficient (Wildman–Crippen LogP) is 5.78. The fourth-order valence-corrected chi connectivity index (χ4v) is 4.00. The average Bonchev–Trinajstić information content (AvgIpc) is 3.07. The lowest BCUT2D eigenvalue weighted by molar-refractivity contribution is -0.137. The first-order chi connectivity index (χ1) is 12.3. The summed E-state index contributed by atoms with van der Waals surface area (Å²) < 4.78 is 51.3. The molecule has 2 aromatic rings. The SMILES string of the molecule is O=C(Nc1ccc(F)c(Cl)c1)N1CCSC1c1ccc(C(F)(F)F)cc1. The van der Waals surface area contributed by atoms with E-state index < -0.39 is 29.0 Å². The molecule has 26 heavy (non-hydrogen) atoms. The van der Waals surface area contributed by atoms with E-state index in [1.165, 1.54) is 40.9 Å². The third-order valence-corrected chi connectivity index (χ3v) is 5.40. The number of amides is 2. The van der Waals surface area contributed by atoms with Gasteiger partial charge in [0.2, 0.25) is 0 Å². The van der Waals surface area contributed by atoms with E-state index in [9.17, 15) is 22.4 Å². The summed E-state index contributed by atoms with van der Waals surface area (Å²) in [6.45, 7) is 0.442. The van der Waals surface area contributed by atoms with Gasteiger partial charge in [0.1, 0.15) is 11.2 Å². The molecular weight excluding hydrogens is 392 g/mol. The van der Waals surface area contributed by atoms with Gasteiger partial charge in [-0.2, -0.15) is 13.2 Å². The molecule has 0 spiro atoms. The van der Waals surface area contributed by atoms with Gasteiger partial charge < -0.3 is 10.2 Å². The van der Waals surface area contributed by atoms with Gasteiger partial charge in [-0.05, 0) is 35.9 Å². The van der Waals surface area contributed by atoms with E-state index in [-0.39, 0.29) is 5.02 Å². The van der Waals surface area contributed by atoms with Gasteiger partial charge in [0.05, 0.1) is 10.6 Å². The monoisotopic (exact) mass is 404 g/mol. The fourth-order valence-electron chi connectivity index (χ4n) is 2.56. The summed E-state index contributed by atoms with van der Waals surface area (Å²) in [5.41, 5.74) is 0.207. The lowest BCUT2D eigenvalue weighted by atomic mass is 10.1. The summed E-state index contributed by atoms with van der Waals surface area (Å²) in [4.78, 5) is 14.0. The Morgan fingerprint density at radius 1 is 1.19 bits per heavy atom. The van der Waals surface area contributed by atoms with Crippen LogP contribution in [0.15, 0.2) is 42.5 Å². The zero-order valence-electron chi connectivity index (χ0n) is 13.2. The summed E-state index contributed by atoms with van der Waals surface area (Å²) in [6, 6.07) is 8.16. The highest BCUT2D eigenvalue weighted by atomic mass is 35.5. The van der Waals surface area contributed by atoms with Crippen LogP contribution < -0.4 is 5.32 Å². The van der Waals surface area contributed by atoms with E-state index in [1.807, 2.05) is 0 Å². The molecular formula is C17H13ClF4N2OS. The molecule has 0 aliphatic carbocycles. The smallest absolute Gasteiger partial charge is 0.308 e. The molecule has 0 radical (unpaired) electrons. The van der Waals surface area contributed by atoms with E-state index in [0.29, 0.717) is 23.5 Å². The minimum atomic E-state index is -4.40. The molecule has 1 aliphatic rings. The molecule has 2 aromatic carbocycles. The van der Waals surface area contributed by atoms with Gasteiger partial charge in [-0.3, -0.25) is 0 Å². The zero-order chi connectivity index (χ0) is 18.9. The molecule has 1 aliphatic heterocycles. The standard InChI is InChI=1S/C17H13ClF4N2OS/c18-13-9-12(5-6-14(13)19)23-16(25)24-7-8-26-15(24)10-1-3-11(4-2-10)17(20,21)22/h1-6,9,15H,7-8H2,(H,23,25). The molecule has 0 bridgehead atoms. The third-order valence-electron chi connectivity index (χ3n) is 3.85. The van der Waals surface area contributed by atoms with Crippen LogP contribution in [0.2, 0.25) is 5.02 Å². The number of halogens is 5. The van der Waals surface area contributed by atoms with Crippen LogP contribution in [-0.4, -0.2) is 23.2 Å². The predicted molar refractivity (Wildman–Crippen MR) is 93.8 cm³/mol. The van der Waals surface area contributed by atoms with E-state index in [2.05, 4.69) is 5.32 Å². The Morgan fingerprint density at radius 2 is 1.88 bits per heavy atom. The van der Waals surface area contributed by atoms with Crippen molar-refractivity contribution in [3.05, 3.63) is 64.4 Å². The van der Waals surface area contributed by atoms with Gasteiger partial charge in [0, 0.05) is 18.0 Å². The molecule has 0 saturated carbocycles. The van der Waals surface area contributed by atoms with Gasteiger partial charge in [0.15, 0.2) is 0 Å². The maximum Gasteiger partial charge on any atom is 0.416 e. The van der Waals surface area contributed by atoms with Gasteiger partial charge in [-0.25, -0.2) is 9.18 Å². The maximum absolute atomic E-state index is 13.2. The summed E-state index contributed by atoms with van der Waals surface area (Å²) >= 11 is 7.16. The number of carbonyl (C=O) groups is 1. The number of rotatable bonds is 2. The fraction of sp³-hybridized carbons (Fsp3) is 0.235. The number of hydrogen-bond donors (Lipinski definition) is 1. The Balaban J connectivity index is 1.75. The Bertz CT molecular complexity index is 813. The molecule has 3 nitrogen and oxygen atoms in total. The number of carbonyl (C=O) groups excluding carboxylic acids is 1. The zero-order valence-corrected chi connectivity index (χ0v) is 14.8. The van der Waals surface area contributed by atoms with Crippen molar-refractivity contribution in [1.29, 1.82) is 0 Å². The maximum atomic E-state index is 13.2. The Hall–Kier alpha value is -1.93. The van der Waals surface area contributed by atoms with E-state index in [4.69, 9.17) is 11.6 Å². The van der Waals surface area contributed by atoms with Crippen molar-refractivity contribution in [2.45, 2.75) is 11.6 Å². The molecule has 1 heterocycles. The highest BCUT2D eigenvalue weighted by Gasteiger charge is 2.33. The lowest BCUT2D eigenvalue weighted by Gasteiger charge is -2.24. The molecule has 3 rings (SSSR count). The van der Waals surface area contributed by atoms with Crippen LogP contribution >= 0.6 is 23.4 Å². The van der Waals surface area contributed by atoms with Crippen LogP contribution in [0.4, 0.5) is 28.0 Å². The summed E-state index contributed by atoms with van der Waals surface area (Å²) in [7, 11) is 0. The molecule has 1 unspecified atom stereocenters. The molecule has 9 heteroatoms. The second-order valence-electron chi connectivity index (χ2n) is 5.60. The molecule has 1 fully saturated rings. The molecule has 138 valence electrons. The van der Waals surface area contributed by atoms with E-state index >= 15 is 0 Å². The second-order valence-corrected chi connectivity index (χ2v) is 7.19. The van der Waals surface area contributed by atoms with Crippen molar-refractivity contribution < 1.29 is 22.4 Å².